The number of para-hydroxylation sites is 1. The van der Waals surface area contributed by atoms with Gasteiger partial charge in [-0.05, 0) is 18.6 Å². The molecule has 7 heteroatoms. The van der Waals surface area contributed by atoms with Gasteiger partial charge in [-0.25, -0.2) is 0 Å². The van der Waals surface area contributed by atoms with E-state index in [1.807, 2.05) is 6.07 Å². The highest BCUT2D eigenvalue weighted by Gasteiger charge is 2.15. The van der Waals surface area contributed by atoms with Gasteiger partial charge in [0.2, 0.25) is 5.82 Å². The van der Waals surface area contributed by atoms with Gasteiger partial charge in [0, 0.05) is 0 Å². The SMILES string of the molecule is Cc1cccc(-c2nc(-c3cn[nH]n3)no2)c1O. The summed E-state index contributed by atoms with van der Waals surface area (Å²) in [7, 11) is 0. The van der Waals surface area contributed by atoms with Crippen molar-refractivity contribution in [1.29, 1.82) is 0 Å². The van der Waals surface area contributed by atoms with E-state index in [-0.39, 0.29) is 11.6 Å². The van der Waals surface area contributed by atoms with Crippen LogP contribution in [0.15, 0.2) is 28.9 Å². The molecule has 0 bridgehead atoms. The summed E-state index contributed by atoms with van der Waals surface area (Å²) in [6, 6.07) is 5.32. The maximum Gasteiger partial charge on any atom is 0.262 e. The molecular formula is C11H9N5O2. The van der Waals surface area contributed by atoms with Crippen LogP contribution in [0.25, 0.3) is 23.0 Å². The van der Waals surface area contributed by atoms with E-state index < -0.39 is 0 Å². The predicted molar refractivity (Wildman–Crippen MR) is 61.5 cm³/mol. The Labute approximate surface area is 101 Å². The summed E-state index contributed by atoms with van der Waals surface area (Å²) in [5, 5.41) is 23.7. The summed E-state index contributed by atoms with van der Waals surface area (Å²) in [6.07, 6.45) is 1.49. The van der Waals surface area contributed by atoms with Crippen LogP contribution >= 0.6 is 0 Å². The van der Waals surface area contributed by atoms with Crippen molar-refractivity contribution >= 4 is 0 Å². The van der Waals surface area contributed by atoms with Crippen LogP contribution in [-0.4, -0.2) is 30.7 Å². The monoisotopic (exact) mass is 243 g/mol. The zero-order chi connectivity index (χ0) is 12.5. The molecule has 2 N–H and O–H groups in total. The van der Waals surface area contributed by atoms with E-state index in [0.29, 0.717) is 17.1 Å². The minimum Gasteiger partial charge on any atom is -0.507 e. The smallest absolute Gasteiger partial charge is 0.262 e. The molecule has 0 atom stereocenters. The van der Waals surface area contributed by atoms with E-state index >= 15 is 0 Å². The van der Waals surface area contributed by atoms with Crippen molar-refractivity contribution in [3.8, 4) is 28.7 Å². The van der Waals surface area contributed by atoms with Crippen LogP contribution in [0.1, 0.15) is 5.56 Å². The van der Waals surface area contributed by atoms with Crippen molar-refractivity contribution < 1.29 is 9.63 Å². The number of aryl methyl sites for hydroxylation is 1. The second kappa shape index (κ2) is 3.95. The molecule has 7 nitrogen and oxygen atoms in total. The van der Waals surface area contributed by atoms with E-state index in [1.165, 1.54) is 6.20 Å². The number of aromatic hydroxyl groups is 1. The van der Waals surface area contributed by atoms with Gasteiger partial charge in [-0.15, -0.1) is 0 Å². The van der Waals surface area contributed by atoms with E-state index in [9.17, 15) is 5.11 Å². The van der Waals surface area contributed by atoms with Crippen molar-refractivity contribution in [2.45, 2.75) is 6.92 Å². The molecule has 0 aliphatic heterocycles. The third-order valence-corrected chi connectivity index (χ3v) is 2.54. The topological polar surface area (TPSA) is 101 Å². The number of nitrogens with one attached hydrogen (secondary N) is 1. The van der Waals surface area contributed by atoms with Crippen molar-refractivity contribution in [2.75, 3.05) is 0 Å². The lowest BCUT2D eigenvalue weighted by Gasteiger charge is -2.01. The highest BCUT2D eigenvalue weighted by atomic mass is 16.5. The summed E-state index contributed by atoms with van der Waals surface area (Å²) in [6.45, 7) is 1.80. The number of benzene rings is 1. The zero-order valence-corrected chi connectivity index (χ0v) is 9.45. The predicted octanol–water partition coefficient (Wildman–Crippen LogP) is 1.54. The number of phenols is 1. The lowest BCUT2D eigenvalue weighted by Crippen LogP contribution is -1.83. The second-order valence-electron chi connectivity index (χ2n) is 3.75. The van der Waals surface area contributed by atoms with Gasteiger partial charge < -0.3 is 9.63 Å². The molecule has 0 amide bonds. The average molecular weight is 243 g/mol. The van der Waals surface area contributed by atoms with Gasteiger partial charge in [0.1, 0.15) is 5.75 Å². The summed E-state index contributed by atoms with van der Waals surface area (Å²) in [4.78, 5) is 4.16. The Kier molecular flexibility index (Phi) is 2.30. The van der Waals surface area contributed by atoms with Crippen molar-refractivity contribution in [3.63, 3.8) is 0 Å². The molecule has 18 heavy (non-hydrogen) atoms. The normalized spacial score (nSPS) is 10.7. The number of phenolic OH excluding ortho intramolecular Hbond substituents is 1. The summed E-state index contributed by atoms with van der Waals surface area (Å²) >= 11 is 0. The summed E-state index contributed by atoms with van der Waals surface area (Å²) in [5.41, 5.74) is 1.73. The number of nitrogens with zero attached hydrogens (tertiary/aromatic N) is 4. The summed E-state index contributed by atoms with van der Waals surface area (Å²) < 4.78 is 5.11. The number of aromatic amines is 1. The molecule has 0 saturated heterocycles. The van der Waals surface area contributed by atoms with Gasteiger partial charge in [0.05, 0.1) is 11.8 Å². The van der Waals surface area contributed by atoms with Gasteiger partial charge in [-0.2, -0.15) is 20.4 Å². The highest BCUT2D eigenvalue weighted by Crippen LogP contribution is 2.31. The molecule has 0 unspecified atom stereocenters. The first kappa shape index (κ1) is 10.5. The minimum atomic E-state index is 0.132. The molecule has 3 aromatic rings. The Balaban J connectivity index is 2.06. The minimum absolute atomic E-state index is 0.132. The molecule has 1 aromatic carbocycles. The number of hydrogen-bond acceptors (Lipinski definition) is 6. The van der Waals surface area contributed by atoms with Gasteiger partial charge in [-0.3, -0.25) is 0 Å². The average Bonchev–Trinajstić information content (AvgIpc) is 3.01. The van der Waals surface area contributed by atoms with Crippen LogP contribution in [-0.2, 0) is 0 Å². The molecule has 2 heterocycles. The Morgan fingerprint density at radius 2 is 2.22 bits per heavy atom. The van der Waals surface area contributed by atoms with Crippen molar-refractivity contribution in [2.24, 2.45) is 0 Å². The van der Waals surface area contributed by atoms with Crippen LogP contribution in [0, 0.1) is 6.92 Å². The standard InChI is InChI=1S/C11H9N5O2/c1-6-3-2-4-7(9(6)17)11-13-10(15-18-11)8-5-12-16-14-8/h2-5,17H,1H3,(H,12,14,16). The van der Waals surface area contributed by atoms with E-state index in [0.717, 1.165) is 5.56 Å². The maximum absolute atomic E-state index is 9.93. The Bertz CT molecular complexity index is 675. The lowest BCUT2D eigenvalue weighted by atomic mass is 10.1. The molecular weight excluding hydrogens is 234 g/mol. The fourth-order valence-electron chi connectivity index (χ4n) is 1.58. The highest BCUT2D eigenvalue weighted by molar-refractivity contribution is 5.65. The number of hydrogen-bond donors (Lipinski definition) is 2. The Morgan fingerprint density at radius 3 is 3.00 bits per heavy atom. The maximum atomic E-state index is 9.93. The molecule has 0 fully saturated rings. The largest absolute Gasteiger partial charge is 0.507 e. The van der Waals surface area contributed by atoms with E-state index in [2.05, 4.69) is 25.6 Å². The molecule has 0 aliphatic carbocycles. The van der Waals surface area contributed by atoms with Gasteiger partial charge in [-0.1, -0.05) is 17.3 Å². The number of rotatable bonds is 2. The molecule has 0 aliphatic rings. The summed E-state index contributed by atoms with van der Waals surface area (Å²) in [5.74, 6) is 0.696. The van der Waals surface area contributed by atoms with Gasteiger partial charge in [0.15, 0.2) is 5.69 Å². The van der Waals surface area contributed by atoms with Crippen LogP contribution in [0.2, 0.25) is 0 Å². The van der Waals surface area contributed by atoms with Crippen LogP contribution in [0.5, 0.6) is 5.75 Å². The number of aromatic nitrogens is 5. The van der Waals surface area contributed by atoms with Gasteiger partial charge >= 0.3 is 0 Å². The third-order valence-electron chi connectivity index (χ3n) is 2.54. The van der Waals surface area contributed by atoms with E-state index in [4.69, 9.17) is 4.52 Å². The van der Waals surface area contributed by atoms with Gasteiger partial charge in [0.25, 0.3) is 5.89 Å². The third kappa shape index (κ3) is 1.61. The van der Waals surface area contributed by atoms with Crippen molar-refractivity contribution in [3.05, 3.63) is 30.0 Å². The number of H-pyrrole nitrogens is 1. The molecule has 0 spiro atoms. The first-order valence-corrected chi connectivity index (χ1v) is 5.24. The van der Waals surface area contributed by atoms with Crippen LogP contribution in [0.4, 0.5) is 0 Å². The quantitative estimate of drug-likeness (QED) is 0.707. The van der Waals surface area contributed by atoms with Crippen molar-refractivity contribution in [1.82, 2.24) is 25.6 Å². The van der Waals surface area contributed by atoms with Crippen LogP contribution < -0.4 is 0 Å². The second-order valence-corrected chi connectivity index (χ2v) is 3.75. The first-order valence-electron chi connectivity index (χ1n) is 5.24. The Morgan fingerprint density at radius 1 is 1.33 bits per heavy atom. The lowest BCUT2D eigenvalue weighted by molar-refractivity contribution is 0.425. The fraction of sp³-hybridized carbons (Fsp3) is 0.0909. The van der Waals surface area contributed by atoms with Crippen LogP contribution in [0.3, 0.4) is 0 Å². The molecule has 0 saturated carbocycles. The fourth-order valence-corrected chi connectivity index (χ4v) is 1.58. The zero-order valence-electron chi connectivity index (χ0n) is 9.45. The molecule has 2 aromatic heterocycles. The Hall–Kier alpha value is -2.70. The molecule has 3 rings (SSSR count). The first-order chi connectivity index (χ1) is 8.75. The molecule has 90 valence electrons. The molecule has 0 radical (unpaired) electrons. The van der Waals surface area contributed by atoms with E-state index in [1.54, 1.807) is 19.1 Å².